The number of amides is 1. The summed E-state index contributed by atoms with van der Waals surface area (Å²) in [5.41, 5.74) is -0.192. The van der Waals surface area contributed by atoms with Gasteiger partial charge in [0.2, 0.25) is 5.78 Å². The lowest BCUT2D eigenvalue weighted by Crippen LogP contribution is -2.43. The molecule has 2 aromatic rings. The molecule has 67 heavy (non-hydrogen) atoms. The molecule has 364 valence electrons. The summed E-state index contributed by atoms with van der Waals surface area (Å²) in [6, 6.07) is 0. The minimum absolute atomic E-state index is 0.00112. The average molecular weight is 929 g/mol. The smallest absolute Gasteiger partial charge is 0.317 e. The van der Waals surface area contributed by atoms with Gasteiger partial charge in [-0.25, -0.2) is 0 Å². The fourth-order valence-corrected chi connectivity index (χ4v) is 9.73. The van der Waals surface area contributed by atoms with E-state index in [-0.39, 0.29) is 94.0 Å². The second-order valence-corrected chi connectivity index (χ2v) is 19.3. The number of anilines is 1. The van der Waals surface area contributed by atoms with Crippen molar-refractivity contribution in [2.45, 2.75) is 131 Å². The SMILES string of the molecule is CCOC(=O)CCOC(=O)CC(=O)O[C@H]1[C@H](C)[C@H](O)[C@H](C)C[C@@H](C)/C=C/C=C(/C)C(=O)Nc2c(O)c3c(O)c(C)c4c(c3c3c2=NC2(CCN(CC(C)C)CC2)N=3)C(=O)[C@@H](C/C=C/C[C@H]1C)O4. The zero-order chi connectivity index (χ0) is 48.9. The van der Waals surface area contributed by atoms with Gasteiger partial charge in [0.25, 0.3) is 5.91 Å². The van der Waals surface area contributed by atoms with Crippen molar-refractivity contribution in [3.8, 4) is 17.2 Å². The molecule has 4 N–H and O–H groups in total. The number of aliphatic hydroxyl groups excluding tert-OH is 1. The number of aliphatic hydroxyl groups is 1. The summed E-state index contributed by atoms with van der Waals surface area (Å²) in [5, 5.41) is 39.2. The standard InChI is InChI=1S/C51H68N4O12/c1-10-64-35(56)18-23-65-36(57)25-37(58)67-48-29(5)15-11-12-17-34-46(61)40-38-39(45(60)33(9)49(40)66-34)47(62)43(42-41(38)53-51(54-42)19-21-55(22-20-51)26-27(2)3)52-50(63)30(6)16-13-14-28(4)24-31(7)44(59)32(48)8/h11-14,16,27-29,31-32,34,44,48,59-60,62H,10,15,17-26H2,1-9H3,(H,52,63)/b12-11+,14-13+,30-16-/t28-,29+,31+,32+,34+,44+,48+/m0/s1. The molecule has 16 heteroatoms. The summed E-state index contributed by atoms with van der Waals surface area (Å²) in [4.78, 5) is 78.7. The maximum Gasteiger partial charge on any atom is 0.317 e. The number of esters is 3. The molecule has 16 nitrogen and oxygen atoms in total. The maximum atomic E-state index is 14.6. The number of fused-ring (bicyclic) bond motifs is 13. The van der Waals surface area contributed by atoms with Crippen molar-refractivity contribution in [1.29, 1.82) is 0 Å². The van der Waals surface area contributed by atoms with Crippen LogP contribution in [-0.4, -0.2) is 107 Å². The molecule has 5 bridgehead atoms. The van der Waals surface area contributed by atoms with Gasteiger partial charge in [-0.3, -0.25) is 34.0 Å². The number of rotatable bonds is 9. The number of Topliss-reactive ketones (excluding diaryl/α,β-unsaturated/α-hetero) is 1. The molecule has 1 spiro atoms. The number of ether oxygens (including phenoxy) is 4. The first-order valence-corrected chi connectivity index (χ1v) is 23.7. The molecule has 1 saturated heterocycles. The molecule has 0 unspecified atom stereocenters. The third-order valence-corrected chi connectivity index (χ3v) is 13.3. The number of ketones is 1. The van der Waals surface area contributed by atoms with Crippen molar-refractivity contribution >= 4 is 46.1 Å². The Morgan fingerprint density at radius 1 is 0.925 bits per heavy atom. The van der Waals surface area contributed by atoms with E-state index in [1.807, 2.05) is 32.9 Å². The van der Waals surface area contributed by atoms with Gasteiger partial charge in [-0.15, -0.1) is 0 Å². The van der Waals surface area contributed by atoms with Gasteiger partial charge in [-0.2, -0.15) is 0 Å². The largest absolute Gasteiger partial charge is 0.507 e. The molecule has 0 radical (unpaired) electrons. The van der Waals surface area contributed by atoms with E-state index in [2.05, 4.69) is 24.1 Å². The topological polar surface area (TPSA) is 223 Å². The van der Waals surface area contributed by atoms with Crippen molar-refractivity contribution < 1.29 is 58.2 Å². The quantitative estimate of drug-likeness (QED) is 0.0736. The highest BCUT2D eigenvalue weighted by molar-refractivity contribution is 6.18. The van der Waals surface area contributed by atoms with E-state index < -0.39 is 65.9 Å². The fourth-order valence-electron chi connectivity index (χ4n) is 9.73. The number of piperidine rings is 1. The Hall–Kier alpha value is -5.61. The Morgan fingerprint density at radius 3 is 2.30 bits per heavy atom. The Bertz CT molecular complexity index is 2470. The van der Waals surface area contributed by atoms with Gasteiger partial charge in [0.15, 0.2) is 17.5 Å². The van der Waals surface area contributed by atoms with E-state index in [4.69, 9.17) is 28.9 Å². The van der Waals surface area contributed by atoms with Crippen LogP contribution in [0.15, 0.2) is 45.9 Å². The summed E-state index contributed by atoms with van der Waals surface area (Å²) in [5.74, 6) is -4.48. The number of benzene rings is 2. The average Bonchev–Trinajstić information content (AvgIpc) is 3.81. The van der Waals surface area contributed by atoms with E-state index in [0.29, 0.717) is 42.5 Å². The Kier molecular flexibility index (Phi) is 16.3. The van der Waals surface area contributed by atoms with Gasteiger partial charge in [-0.05, 0) is 57.3 Å². The summed E-state index contributed by atoms with van der Waals surface area (Å²) < 4.78 is 22.2. The Balaban J connectivity index is 1.36. The zero-order valence-corrected chi connectivity index (χ0v) is 40.3. The number of nitrogens with zero attached hydrogens (tertiary/aromatic N) is 3. The molecule has 1 amide bonds. The molecular weight excluding hydrogens is 861 g/mol. The van der Waals surface area contributed by atoms with Crippen LogP contribution in [-0.2, 0) is 33.4 Å². The zero-order valence-electron chi connectivity index (χ0n) is 40.3. The monoisotopic (exact) mass is 928 g/mol. The summed E-state index contributed by atoms with van der Waals surface area (Å²) in [7, 11) is 0. The molecule has 2 aromatic carbocycles. The molecule has 5 aliphatic heterocycles. The van der Waals surface area contributed by atoms with Crippen molar-refractivity contribution in [3.05, 3.63) is 57.8 Å². The highest BCUT2D eigenvalue weighted by atomic mass is 16.6. The molecule has 0 aromatic heterocycles. The molecule has 0 saturated carbocycles. The molecular formula is C51H68N4O12. The molecule has 0 aliphatic carbocycles. The lowest BCUT2D eigenvalue weighted by atomic mass is 9.80. The van der Waals surface area contributed by atoms with Crippen LogP contribution >= 0.6 is 0 Å². The summed E-state index contributed by atoms with van der Waals surface area (Å²) in [6.45, 7) is 19.1. The number of aromatic hydroxyl groups is 2. The van der Waals surface area contributed by atoms with Crippen LogP contribution in [0.1, 0.15) is 116 Å². The maximum absolute atomic E-state index is 14.6. The minimum Gasteiger partial charge on any atom is -0.507 e. The van der Waals surface area contributed by atoms with E-state index in [1.54, 1.807) is 45.9 Å². The van der Waals surface area contributed by atoms with E-state index in [1.165, 1.54) is 0 Å². The van der Waals surface area contributed by atoms with Gasteiger partial charge in [0.1, 0.15) is 41.7 Å². The third kappa shape index (κ3) is 11.4. The van der Waals surface area contributed by atoms with Gasteiger partial charge in [0, 0.05) is 61.3 Å². The number of likely N-dealkylation sites (tertiary alicyclic amines) is 1. The first-order valence-electron chi connectivity index (χ1n) is 23.7. The molecule has 1 fully saturated rings. The van der Waals surface area contributed by atoms with Crippen LogP contribution < -0.4 is 20.8 Å². The number of phenols is 2. The fraction of sp³-hybridized carbons (Fsp3) is 0.588. The van der Waals surface area contributed by atoms with E-state index in [9.17, 15) is 39.3 Å². The molecule has 7 rings (SSSR count). The van der Waals surface area contributed by atoms with Crippen LogP contribution in [0.2, 0.25) is 0 Å². The lowest BCUT2D eigenvalue weighted by Gasteiger charge is -2.36. The van der Waals surface area contributed by atoms with Crippen LogP contribution in [0.3, 0.4) is 0 Å². The van der Waals surface area contributed by atoms with E-state index in [0.717, 1.165) is 19.6 Å². The molecule has 5 aliphatic rings. The van der Waals surface area contributed by atoms with Gasteiger partial charge < -0.3 is 44.5 Å². The van der Waals surface area contributed by atoms with Crippen LogP contribution in [0, 0.1) is 36.5 Å². The normalized spacial score (nSPS) is 27.3. The van der Waals surface area contributed by atoms with Crippen LogP contribution in [0.5, 0.6) is 17.2 Å². The minimum atomic E-state index is -0.993. The second kappa shape index (κ2) is 21.6. The van der Waals surface area contributed by atoms with Gasteiger partial charge in [-0.1, -0.05) is 71.9 Å². The first kappa shape index (κ1) is 50.8. The number of phenolic OH excluding ortho intramolecular Hbond substituents is 2. The third-order valence-electron chi connectivity index (χ3n) is 13.3. The Labute approximate surface area is 392 Å². The van der Waals surface area contributed by atoms with Gasteiger partial charge >= 0.3 is 17.9 Å². The molecule has 7 atom stereocenters. The predicted molar refractivity (Wildman–Crippen MR) is 250 cm³/mol. The second-order valence-electron chi connectivity index (χ2n) is 19.3. The van der Waals surface area contributed by atoms with Crippen LogP contribution in [0.25, 0.3) is 10.8 Å². The Morgan fingerprint density at radius 2 is 1.61 bits per heavy atom. The highest BCUT2D eigenvalue weighted by Crippen LogP contribution is 2.48. The highest BCUT2D eigenvalue weighted by Gasteiger charge is 2.42. The summed E-state index contributed by atoms with van der Waals surface area (Å²) in [6.07, 6.45) is 7.56. The van der Waals surface area contributed by atoms with Crippen molar-refractivity contribution in [3.63, 3.8) is 0 Å². The number of nitrogens with one attached hydrogen (secondary N) is 1. The van der Waals surface area contributed by atoms with E-state index >= 15 is 0 Å². The number of carbonyl (C=O) groups excluding carboxylic acids is 5. The van der Waals surface area contributed by atoms with Crippen molar-refractivity contribution in [2.75, 3.05) is 38.2 Å². The predicted octanol–water partition coefficient (Wildman–Crippen LogP) is 6.09. The molecule has 5 heterocycles. The number of hydrogen-bond donors (Lipinski definition) is 4. The first-order chi connectivity index (χ1) is 31.7. The van der Waals surface area contributed by atoms with Gasteiger partial charge in [0.05, 0.1) is 35.4 Å². The number of carbonyl (C=O) groups is 5. The number of allylic oxidation sites excluding steroid dienone is 4. The lowest BCUT2D eigenvalue weighted by molar-refractivity contribution is -0.164. The van der Waals surface area contributed by atoms with Crippen molar-refractivity contribution in [2.24, 2.45) is 39.6 Å². The van der Waals surface area contributed by atoms with Crippen LogP contribution in [0.4, 0.5) is 5.69 Å². The van der Waals surface area contributed by atoms with Crippen molar-refractivity contribution in [1.82, 2.24) is 4.90 Å². The number of hydrogen-bond acceptors (Lipinski definition) is 15. The summed E-state index contributed by atoms with van der Waals surface area (Å²) >= 11 is 0.